The molecule has 0 atom stereocenters. The van der Waals surface area contributed by atoms with Crippen LogP contribution >= 0.6 is 11.6 Å². The number of aromatic nitrogens is 2. The van der Waals surface area contributed by atoms with Crippen LogP contribution < -0.4 is 0 Å². The van der Waals surface area contributed by atoms with Gasteiger partial charge in [0.05, 0.1) is 16.7 Å². The first-order valence-electron chi connectivity index (χ1n) is 6.71. The smallest absolute Gasteiger partial charge is 0.0725 e. The Balaban J connectivity index is 1.89. The van der Waals surface area contributed by atoms with Crippen LogP contribution in [0.1, 0.15) is 0 Å². The van der Waals surface area contributed by atoms with Crippen molar-refractivity contribution in [2.45, 2.75) is 0 Å². The van der Waals surface area contributed by atoms with Crippen molar-refractivity contribution >= 4 is 33.4 Å². The monoisotopic (exact) mass is 290 g/mol. The van der Waals surface area contributed by atoms with Crippen molar-refractivity contribution in [1.29, 1.82) is 0 Å². The van der Waals surface area contributed by atoms with Crippen LogP contribution in [0.5, 0.6) is 0 Å². The van der Waals surface area contributed by atoms with Crippen LogP contribution in [0.2, 0.25) is 5.02 Å². The quantitative estimate of drug-likeness (QED) is 0.487. The van der Waals surface area contributed by atoms with E-state index in [0.717, 1.165) is 38.1 Å². The molecule has 2 aromatic carbocycles. The summed E-state index contributed by atoms with van der Waals surface area (Å²) in [5.74, 6) is 0. The van der Waals surface area contributed by atoms with Gasteiger partial charge in [-0.1, -0.05) is 35.9 Å². The van der Waals surface area contributed by atoms with Gasteiger partial charge in [0.1, 0.15) is 0 Å². The van der Waals surface area contributed by atoms with Crippen LogP contribution in [-0.4, -0.2) is 9.97 Å². The third-order valence-electron chi connectivity index (χ3n) is 3.54. The molecule has 0 saturated heterocycles. The van der Waals surface area contributed by atoms with Gasteiger partial charge in [-0.15, -0.1) is 0 Å². The van der Waals surface area contributed by atoms with E-state index in [9.17, 15) is 0 Å². The fourth-order valence-electron chi connectivity index (χ4n) is 2.47. The van der Waals surface area contributed by atoms with Gasteiger partial charge in [-0.3, -0.25) is 4.98 Å². The molecule has 0 bridgehead atoms. The second-order valence-electron chi connectivity index (χ2n) is 4.95. The van der Waals surface area contributed by atoms with E-state index in [1.807, 2.05) is 54.7 Å². The van der Waals surface area contributed by atoms with Gasteiger partial charge in [-0.2, -0.15) is 0 Å². The minimum atomic E-state index is 0.726. The Hall–Kier alpha value is -2.45. The number of halogens is 1. The first kappa shape index (κ1) is 12.3. The minimum absolute atomic E-state index is 0.726. The number of fused-ring (bicyclic) bond motifs is 2. The summed E-state index contributed by atoms with van der Waals surface area (Å²) in [6, 6.07) is 20.0. The number of nitrogens with zero attached hydrogens (tertiary/aromatic N) is 2. The minimum Gasteiger partial charge on any atom is -0.256 e. The molecule has 0 aliphatic heterocycles. The van der Waals surface area contributed by atoms with Crippen molar-refractivity contribution in [2.24, 2.45) is 0 Å². The zero-order valence-corrected chi connectivity index (χ0v) is 11.9. The van der Waals surface area contributed by atoms with Crippen LogP contribution in [0.25, 0.3) is 33.1 Å². The first-order chi connectivity index (χ1) is 10.3. The van der Waals surface area contributed by atoms with Gasteiger partial charge in [0.2, 0.25) is 0 Å². The molecule has 21 heavy (non-hydrogen) atoms. The van der Waals surface area contributed by atoms with Crippen molar-refractivity contribution in [3.05, 3.63) is 71.9 Å². The highest BCUT2D eigenvalue weighted by atomic mass is 35.5. The summed E-state index contributed by atoms with van der Waals surface area (Å²) < 4.78 is 0. The fourth-order valence-corrected chi connectivity index (χ4v) is 2.65. The Labute approximate surface area is 127 Å². The Bertz CT molecular complexity index is 963. The molecule has 0 aliphatic carbocycles. The molecule has 4 aromatic rings. The molecule has 100 valence electrons. The predicted octanol–water partition coefficient (Wildman–Crippen LogP) is 5.10. The van der Waals surface area contributed by atoms with Crippen molar-refractivity contribution in [3.63, 3.8) is 0 Å². The average Bonchev–Trinajstić information content (AvgIpc) is 2.54. The maximum atomic E-state index is 6.00. The zero-order chi connectivity index (χ0) is 14.2. The van der Waals surface area contributed by atoms with E-state index in [1.54, 1.807) is 0 Å². The molecule has 0 radical (unpaired) electrons. The van der Waals surface area contributed by atoms with E-state index < -0.39 is 0 Å². The molecule has 2 heterocycles. The Kier molecular flexibility index (Phi) is 2.83. The van der Waals surface area contributed by atoms with Gasteiger partial charge in [0.15, 0.2) is 0 Å². The Morgan fingerprint density at radius 2 is 1.62 bits per heavy atom. The maximum Gasteiger partial charge on any atom is 0.0725 e. The van der Waals surface area contributed by atoms with E-state index in [4.69, 9.17) is 16.6 Å². The zero-order valence-electron chi connectivity index (χ0n) is 11.1. The fraction of sp³-hybridized carbons (Fsp3) is 0. The van der Waals surface area contributed by atoms with E-state index >= 15 is 0 Å². The van der Waals surface area contributed by atoms with E-state index in [-0.39, 0.29) is 0 Å². The number of pyridine rings is 2. The summed E-state index contributed by atoms with van der Waals surface area (Å²) in [5, 5.41) is 2.89. The Morgan fingerprint density at radius 3 is 2.57 bits per heavy atom. The lowest BCUT2D eigenvalue weighted by Gasteiger charge is -2.05. The molecular weight excluding hydrogens is 280 g/mol. The van der Waals surface area contributed by atoms with Crippen molar-refractivity contribution in [2.75, 3.05) is 0 Å². The van der Waals surface area contributed by atoms with E-state index in [0.29, 0.717) is 0 Å². The Morgan fingerprint density at radius 1 is 0.762 bits per heavy atom. The average molecular weight is 291 g/mol. The van der Waals surface area contributed by atoms with E-state index in [1.165, 1.54) is 0 Å². The molecule has 2 nitrogen and oxygen atoms in total. The van der Waals surface area contributed by atoms with Crippen molar-refractivity contribution in [3.8, 4) is 11.3 Å². The van der Waals surface area contributed by atoms with Crippen molar-refractivity contribution in [1.82, 2.24) is 9.97 Å². The second kappa shape index (κ2) is 4.83. The highest BCUT2D eigenvalue weighted by molar-refractivity contribution is 6.31. The summed E-state index contributed by atoms with van der Waals surface area (Å²) in [6.45, 7) is 0. The summed E-state index contributed by atoms with van der Waals surface area (Å²) in [5.41, 5.74) is 3.87. The number of rotatable bonds is 1. The SMILES string of the molecule is Clc1ccc2nc(-c3cnc4ccccc4c3)ccc2c1. The van der Waals surface area contributed by atoms with Gasteiger partial charge >= 0.3 is 0 Å². The lowest BCUT2D eigenvalue weighted by Crippen LogP contribution is -1.87. The van der Waals surface area contributed by atoms with Gasteiger partial charge < -0.3 is 0 Å². The number of hydrogen-bond donors (Lipinski definition) is 0. The standard InChI is InChI=1S/C18H11ClN2/c19-15-6-8-17-13(10-15)5-7-18(21-17)14-9-12-3-1-2-4-16(12)20-11-14/h1-11H. The summed E-state index contributed by atoms with van der Waals surface area (Å²) in [4.78, 5) is 9.19. The van der Waals surface area contributed by atoms with Crippen LogP contribution in [0.4, 0.5) is 0 Å². The van der Waals surface area contributed by atoms with Gasteiger partial charge in [-0.25, -0.2) is 4.98 Å². The molecule has 0 unspecified atom stereocenters. The molecule has 2 aromatic heterocycles. The molecule has 0 fully saturated rings. The predicted molar refractivity (Wildman–Crippen MR) is 87.5 cm³/mol. The summed E-state index contributed by atoms with van der Waals surface area (Å²) >= 11 is 6.00. The third kappa shape index (κ3) is 2.24. The molecule has 0 N–H and O–H groups in total. The summed E-state index contributed by atoms with van der Waals surface area (Å²) in [6.07, 6.45) is 1.87. The topological polar surface area (TPSA) is 25.8 Å². The molecule has 0 spiro atoms. The summed E-state index contributed by atoms with van der Waals surface area (Å²) in [7, 11) is 0. The number of benzene rings is 2. The van der Waals surface area contributed by atoms with Gasteiger partial charge in [0, 0.05) is 27.6 Å². The van der Waals surface area contributed by atoms with Gasteiger partial charge in [-0.05, 0) is 36.4 Å². The van der Waals surface area contributed by atoms with E-state index in [2.05, 4.69) is 17.1 Å². The molecule has 0 amide bonds. The molecule has 0 saturated carbocycles. The third-order valence-corrected chi connectivity index (χ3v) is 3.77. The van der Waals surface area contributed by atoms with Crippen LogP contribution in [0.15, 0.2) is 66.9 Å². The largest absolute Gasteiger partial charge is 0.256 e. The van der Waals surface area contributed by atoms with Crippen LogP contribution in [0.3, 0.4) is 0 Å². The lowest BCUT2D eigenvalue weighted by atomic mass is 10.1. The number of hydrogen-bond acceptors (Lipinski definition) is 2. The molecule has 3 heteroatoms. The first-order valence-corrected chi connectivity index (χ1v) is 7.09. The highest BCUT2D eigenvalue weighted by Crippen LogP contribution is 2.24. The normalized spacial score (nSPS) is 11.1. The molecule has 4 rings (SSSR count). The molecular formula is C18H11ClN2. The molecule has 0 aliphatic rings. The van der Waals surface area contributed by atoms with Gasteiger partial charge in [0.25, 0.3) is 0 Å². The highest BCUT2D eigenvalue weighted by Gasteiger charge is 2.04. The van der Waals surface area contributed by atoms with Crippen molar-refractivity contribution < 1.29 is 0 Å². The van der Waals surface area contributed by atoms with Crippen LogP contribution in [-0.2, 0) is 0 Å². The van der Waals surface area contributed by atoms with Crippen LogP contribution in [0, 0.1) is 0 Å². The second-order valence-corrected chi connectivity index (χ2v) is 5.39. The maximum absolute atomic E-state index is 6.00. The number of para-hydroxylation sites is 1. The lowest BCUT2D eigenvalue weighted by molar-refractivity contribution is 1.35.